The summed E-state index contributed by atoms with van der Waals surface area (Å²) in [6.45, 7) is 3.87. The molecule has 0 saturated carbocycles. The fraction of sp³-hybridized carbons (Fsp3) is 0.316. The number of amides is 1. The van der Waals surface area contributed by atoms with Gasteiger partial charge < -0.3 is 19.7 Å². The van der Waals surface area contributed by atoms with E-state index in [0.29, 0.717) is 12.2 Å². The molecule has 1 amide bonds. The summed E-state index contributed by atoms with van der Waals surface area (Å²) < 4.78 is 10.4. The maximum Gasteiger partial charge on any atom is 0.255 e. The number of carbonyl (C=O) groups excluding carboxylic acids is 1. The number of anilines is 2. The molecule has 1 fully saturated rings. The Labute approximate surface area is 142 Å². The second-order valence-corrected chi connectivity index (χ2v) is 5.73. The quantitative estimate of drug-likeness (QED) is 0.918. The highest BCUT2D eigenvalue weighted by Crippen LogP contribution is 2.19. The van der Waals surface area contributed by atoms with Crippen molar-refractivity contribution in [2.75, 3.05) is 43.6 Å². The van der Waals surface area contributed by atoms with Crippen LogP contribution >= 0.6 is 0 Å². The van der Waals surface area contributed by atoms with E-state index in [4.69, 9.17) is 9.47 Å². The summed E-state index contributed by atoms with van der Waals surface area (Å²) in [7, 11) is 1.65. The zero-order chi connectivity index (χ0) is 16.8. The Balaban J connectivity index is 1.61. The topological polar surface area (TPSA) is 50.8 Å². The van der Waals surface area contributed by atoms with Gasteiger partial charge in [-0.05, 0) is 42.0 Å². The van der Waals surface area contributed by atoms with Gasteiger partial charge in [0.25, 0.3) is 5.91 Å². The van der Waals surface area contributed by atoms with E-state index in [1.54, 1.807) is 7.11 Å². The number of hydrogen-bond acceptors (Lipinski definition) is 4. The molecule has 126 valence electrons. The monoisotopic (exact) mass is 326 g/mol. The molecule has 24 heavy (non-hydrogen) atoms. The SMILES string of the molecule is COCc1ccc(C(=O)Nc2ccc(N3CCOCC3)cc2)cc1. The largest absolute Gasteiger partial charge is 0.380 e. The van der Waals surface area contributed by atoms with Gasteiger partial charge >= 0.3 is 0 Å². The first kappa shape index (κ1) is 16.5. The molecule has 0 spiro atoms. The van der Waals surface area contributed by atoms with E-state index in [9.17, 15) is 4.79 Å². The number of nitrogens with zero attached hydrogens (tertiary/aromatic N) is 1. The molecule has 0 aliphatic carbocycles. The minimum atomic E-state index is -0.113. The second-order valence-electron chi connectivity index (χ2n) is 5.73. The maximum atomic E-state index is 12.3. The van der Waals surface area contributed by atoms with E-state index in [1.165, 1.54) is 0 Å². The molecule has 1 aliphatic heterocycles. The minimum absolute atomic E-state index is 0.113. The van der Waals surface area contributed by atoms with E-state index >= 15 is 0 Å². The highest BCUT2D eigenvalue weighted by molar-refractivity contribution is 6.04. The molecule has 2 aromatic rings. The predicted octanol–water partition coefficient (Wildman–Crippen LogP) is 2.92. The van der Waals surface area contributed by atoms with Crippen molar-refractivity contribution in [2.24, 2.45) is 0 Å². The van der Waals surface area contributed by atoms with Crippen molar-refractivity contribution < 1.29 is 14.3 Å². The third kappa shape index (κ3) is 4.13. The average Bonchev–Trinajstić information content (AvgIpc) is 2.64. The van der Waals surface area contributed by atoms with Crippen LogP contribution in [0.5, 0.6) is 0 Å². The van der Waals surface area contributed by atoms with Gasteiger partial charge in [0.2, 0.25) is 0 Å². The Morgan fingerprint density at radius 3 is 2.38 bits per heavy atom. The van der Waals surface area contributed by atoms with Gasteiger partial charge in [0.05, 0.1) is 19.8 Å². The molecule has 5 heteroatoms. The normalized spacial score (nSPS) is 14.5. The molecule has 0 aromatic heterocycles. The summed E-state index contributed by atoms with van der Waals surface area (Å²) in [5, 5.41) is 2.93. The molecular weight excluding hydrogens is 304 g/mol. The summed E-state index contributed by atoms with van der Waals surface area (Å²) >= 11 is 0. The molecule has 1 N–H and O–H groups in total. The van der Waals surface area contributed by atoms with Gasteiger partial charge in [-0.2, -0.15) is 0 Å². The Bertz CT molecular complexity index is 662. The van der Waals surface area contributed by atoms with Crippen molar-refractivity contribution in [1.29, 1.82) is 0 Å². The smallest absolute Gasteiger partial charge is 0.255 e. The van der Waals surface area contributed by atoms with Gasteiger partial charge in [0.15, 0.2) is 0 Å². The van der Waals surface area contributed by atoms with Crippen LogP contribution < -0.4 is 10.2 Å². The van der Waals surface area contributed by atoms with Gasteiger partial charge in [0.1, 0.15) is 0 Å². The van der Waals surface area contributed by atoms with Gasteiger partial charge in [-0.15, -0.1) is 0 Å². The van der Waals surface area contributed by atoms with Crippen LogP contribution in [0.3, 0.4) is 0 Å². The van der Waals surface area contributed by atoms with Crippen LogP contribution in [0.2, 0.25) is 0 Å². The maximum absolute atomic E-state index is 12.3. The number of nitrogens with one attached hydrogen (secondary N) is 1. The molecule has 0 unspecified atom stereocenters. The lowest BCUT2D eigenvalue weighted by atomic mass is 10.1. The van der Waals surface area contributed by atoms with Gasteiger partial charge in [0, 0.05) is 37.1 Å². The summed E-state index contributed by atoms with van der Waals surface area (Å²) in [5.74, 6) is -0.113. The number of morpholine rings is 1. The predicted molar refractivity (Wildman–Crippen MR) is 94.6 cm³/mol. The molecule has 3 rings (SSSR count). The summed E-state index contributed by atoms with van der Waals surface area (Å²) in [6, 6.07) is 15.4. The molecule has 5 nitrogen and oxygen atoms in total. The average molecular weight is 326 g/mol. The minimum Gasteiger partial charge on any atom is -0.380 e. The number of methoxy groups -OCH3 is 1. The van der Waals surface area contributed by atoms with Crippen LogP contribution in [-0.2, 0) is 16.1 Å². The fourth-order valence-corrected chi connectivity index (χ4v) is 2.70. The van der Waals surface area contributed by atoms with Crippen LogP contribution in [0.1, 0.15) is 15.9 Å². The Morgan fingerprint density at radius 2 is 1.75 bits per heavy atom. The Hall–Kier alpha value is -2.37. The molecule has 0 atom stereocenters. The van der Waals surface area contributed by atoms with Crippen LogP contribution in [0.4, 0.5) is 11.4 Å². The van der Waals surface area contributed by atoms with E-state index < -0.39 is 0 Å². The van der Waals surface area contributed by atoms with Crippen molar-refractivity contribution in [3.8, 4) is 0 Å². The molecule has 1 heterocycles. The van der Waals surface area contributed by atoms with E-state index in [2.05, 4.69) is 10.2 Å². The first-order valence-corrected chi connectivity index (χ1v) is 8.08. The van der Waals surface area contributed by atoms with Crippen molar-refractivity contribution in [3.63, 3.8) is 0 Å². The first-order chi connectivity index (χ1) is 11.8. The van der Waals surface area contributed by atoms with Crippen molar-refractivity contribution >= 4 is 17.3 Å². The Morgan fingerprint density at radius 1 is 1.08 bits per heavy atom. The number of rotatable bonds is 5. The van der Waals surface area contributed by atoms with E-state index in [-0.39, 0.29) is 5.91 Å². The summed E-state index contributed by atoms with van der Waals surface area (Å²) in [5.41, 5.74) is 3.62. The zero-order valence-electron chi connectivity index (χ0n) is 13.8. The molecule has 1 aliphatic rings. The zero-order valence-corrected chi connectivity index (χ0v) is 13.8. The van der Waals surface area contributed by atoms with Crippen LogP contribution in [0, 0.1) is 0 Å². The van der Waals surface area contributed by atoms with Crippen molar-refractivity contribution in [3.05, 3.63) is 59.7 Å². The summed E-state index contributed by atoms with van der Waals surface area (Å²) in [4.78, 5) is 14.6. The number of carbonyl (C=O) groups is 1. The second kappa shape index (κ2) is 7.95. The molecular formula is C19H22N2O3. The third-order valence-electron chi connectivity index (χ3n) is 4.03. The molecule has 0 bridgehead atoms. The fourth-order valence-electron chi connectivity index (χ4n) is 2.70. The Kier molecular flexibility index (Phi) is 5.46. The van der Waals surface area contributed by atoms with Crippen LogP contribution in [0.15, 0.2) is 48.5 Å². The molecule has 1 saturated heterocycles. The van der Waals surface area contributed by atoms with Crippen LogP contribution in [-0.4, -0.2) is 39.3 Å². The summed E-state index contributed by atoms with van der Waals surface area (Å²) in [6.07, 6.45) is 0. The lowest BCUT2D eigenvalue weighted by molar-refractivity contribution is 0.102. The van der Waals surface area contributed by atoms with Crippen LogP contribution in [0.25, 0.3) is 0 Å². The highest BCUT2D eigenvalue weighted by Gasteiger charge is 2.11. The number of hydrogen-bond donors (Lipinski definition) is 1. The number of ether oxygens (including phenoxy) is 2. The van der Waals surface area contributed by atoms with E-state index in [0.717, 1.165) is 43.2 Å². The molecule has 2 aromatic carbocycles. The molecule has 0 radical (unpaired) electrons. The van der Waals surface area contributed by atoms with Crippen molar-refractivity contribution in [2.45, 2.75) is 6.61 Å². The first-order valence-electron chi connectivity index (χ1n) is 8.08. The lowest BCUT2D eigenvalue weighted by Crippen LogP contribution is -2.36. The highest BCUT2D eigenvalue weighted by atomic mass is 16.5. The van der Waals surface area contributed by atoms with Gasteiger partial charge in [-0.25, -0.2) is 0 Å². The standard InChI is InChI=1S/C19H22N2O3/c1-23-14-15-2-4-16(5-3-15)19(22)20-17-6-8-18(9-7-17)21-10-12-24-13-11-21/h2-9H,10-14H2,1H3,(H,20,22). The van der Waals surface area contributed by atoms with Crippen molar-refractivity contribution in [1.82, 2.24) is 0 Å². The lowest BCUT2D eigenvalue weighted by Gasteiger charge is -2.28. The number of benzene rings is 2. The third-order valence-corrected chi connectivity index (χ3v) is 4.03. The van der Waals surface area contributed by atoms with E-state index in [1.807, 2.05) is 48.5 Å². The van der Waals surface area contributed by atoms with Gasteiger partial charge in [-0.3, -0.25) is 4.79 Å². The van der Waals surface area contributed by atoms with Gasteiger partial charge in [-0.1, -0.05) is 12.1 Å².